The summed E-state index contributed by atoms with van der Waals surface area (Å²) in [5.74, 6) is 1.83. The number of nitrogen functional groups attached to an aromatic ring is 1. The summed E-state index contributed by atoms with van der Waals surface area (Å²) in [5, 5.41) is 16.2. The Morgan fingerprint density at radius 1 is 1.28 bits per heavy atom. The highest BCUT2D eigenvalue weighted by molar-refractivity contribution is 5.69. The zero-order valence-electron chi connectivity index (χ0n) is 15.7. The molecule has 3 heterocycles. The van der Waals surface area contributed by atoms with Crippen LogP contribution in [0.4, 0.5) is 10.2 Å². The molecule has 3 aromatic heterocycles. The summed E-state index contributed by atoms with van der Waals surface area (Å²) < 4.78 is 16.2. The highest BCUT2D eigenvalue weighted by atomic mass is 19.1. The van der Waals surface area contributed by atoms with Gasteiger partial charge in [-0.05, 0) is 18.6 Å². The van der Waals surface area contributed by atoms with Crippen molar-refractivity contribution in [3.05, 3.63) is 53.2 Å². The van der Waals surface area contributed by atoms with E-state index in [1.54, 1.807) is 31.6 Å². The number of anilines is 1. The molecule has 9 nitrogen and oxygen atoms in total. The minimum atomic E-state index is -0.758. The molecule has 0 aliphatic rings. The Morgan fingerprint density at radius 3 is 2.83 bits per heavy atom. The summed E-state index contributed by atoms with van der Waals surface area (Å²) in [4.78, 5) is 9.88. The van der Waals surface area contributed by atoms with Crippen LogP contribution in [0, 0.1) is 25.1 Å². The number of terminal acetylenes is 1. The Balaban J connectivity index is 1.75. The molecular weight excluding hydrogens is 373 g/mol. The molecule has 0 saturated carbocycles. The fraction of sp³-hybridized carbons (Fsp3) is 0.158. The van der Waals surface area contributed by atoms with E-state index in [1.807, 2.05) is 13.0 Å². The molecule has 0 unspecified atom stereocenters. The molecule has 0 spiro atoms. The summed E-state index contributed by atoms with van der Waals surface area (Å²) in [6, 6.07) is 5.40. The number of rotatable bonds is 4. The number of benzene rings is 1. The first kappa shape index (κ1) is 18.2. The van der Waals surface area contributed by atoms with E-state index in [0.717, 1.165) is 5.56 Å². The average molecular weight is 389 g/mol. The van der Waals surface area contributed by atoms with Crippen LogP contribution in [-0.4, -0.2) is 40.0 Å². The van der Waals surface area contributed by atoms with Gasteiger partial charge in [0, 0.05) is 18.2 Å². The zero-order chi connectivity index (χ0) is 20.5. The third-order valence-corrected chi connectivity index (χ3v) is 4.36. The second-order valence-electron chi connectivity index (χ2n) is 6.34. The van der Waals surface area contributed by atoms with Gasteiger partial charge >= 0.3 is 0 Å². The van der Waals surface area contributed by atoms with E-state index in [2.05, 4.69) is 36.4 Å². The number of aryl methyl sites for hydroxylation is 1. The monoisotopic (exact) mass is 389 g/mol. The van der Waals surface area contributed by atoms with Crippen LogP contribution < -0.4 is 5.73 Å². The summed E-state index contributed by atoms with van der Waals surface area (Å²) in [6.07, 6.45) is 8.71. The van der Waals surface area contributed by atoms with Gasteiger partial charge in [0.2, 0.25) is 0 Å². The van der Waals surface area contributed by atoms with Crippen molar-refractivity contribution >= 4 is 5.82 Å². The van der Waals surface area contributed by atoms with Gasteiger partial charge in [0.25, 0.3) is 0 Å². The van der Waals surface area contributed by atoms with Crippen molar-refractivity contribution in [2.24, 2.45) is 7.05 Å². The summed E-state index contributed by atoms with van der Waals surface area (Å²) in [6.45, 7) is 2.18. The number of nitrogens with zero attached hydrogens (tertiary/aromatic N) is 8. The van der Waals surface area contributed by atoms with Crippen LogP contribution >= 0.6 is 0 Å². The zero-order valence-corrected chi connectivity index (χ0v) is 15.7. The molecule has 29 heavy (non-hydrogen) atoms. The van der Waals surface area contributed by atoms with E-state index >= 15 is 0 Å². The number of hydrogen-bond donors (Lipinski definition) is 1. The molecule has 0 bridgehead atoms. The summed E-state index contributed by atoms with van der Waals surface area (Å²) >= 11 is 0. The second kappa shape index (κ2) is 7.12. The van der Waals surface area contributed by atoms with Gasteiger partial charge in [-0.25, -0.2) is 19.0 Å². The lowest BCUT2D eigenvalue weighted by atomic mass is 10.0. The van der Waals surface area contributed by atoms with Gasteiger partial charge in [-0.2, -0.15) is 15.0 Å². The molecule has 0 fully saturated rings. The maximum atomic E-state index is 14.7. The van der Waals surface area contributed by atoms with Crippen LogP contribution in [0.3, 0.4) is 0 Å². The largest absolute Gasteiger partial charge is 0.381 e. The van der Waals surface area contributed by atoms with Crippen molar-refractivity contribution < 1.29 is 4.39 Å². The smallest absolute Gasteiger partial charge is 0.193 e. The van der Waals surface area contributed by atoms with Crippen molar-refractivity contribution in [3.8, 4) is 35.1 Å². The molecule has 0 aliphatic carbocycles. The normalized spacial score (nSPS) is 10.8. The van der Waals surface area contributed by atoms with E-state index < -0.39 is 5.82 Å². The van der Waals surface area contributed by atoms with Crippen LogP contribution in [0.5, 0.6) is 0 Å². The second-order valence-corrected chi connectivity index (χ2v) is 6.34. The molecule has 2 N–H and O–H groups in total. The van der Waals surface area contributed by atoms with Crippen LogP contribution in [-0.2, 0) is 13.6 Å². The SMILES string of the molecule is C#Cc1cccc(-c2nc(N)c(F)c(-c3cn(Cc4cnn(C)n4)nn3)n2)c1C. The minimum absolute atomic E-state index is 0.0385. The molecule has 144 valence electrons. The molecule has 0 atom stereocenters. The number of aromatic nitrogens is 8. The third kappa shape index (κ3) is 3.41. The molecule has 4 rings (SSSR count). The molecule has 0 amide bonds. The van der Waals surface area contributed by atoms with Crippen LogP contribution in [0.1, 0.15) is 16.8 Å². The van der Waals surface area contributed by atoms with E-state index in [1.165, 1.54) is 9.48 Å². The summed E-state index contributed by atoms with van der Waals surface area (Å²) in [7, 11) is 1.72. The lowest BCUT2D eigenvalue weighted by Crippen LogP contribution is -2.04. The number of nitrogens with two attached hydrogens (primary N) is 1. The molecule has 1 aromatic carbocycles. The molecule has 0 saturated heterocycles. The molecule has 0 aliphatic heterocycles. The first-order chi connectivity index (χ1) is 14.0. The van der Waals surface area contributed by atoms with E-state index in [9.17, 15) is 4.39 Å². The van der Waals surface area contributed by atoms with Crippen molar-refractivity contribution in [1.29, 1.82) is 0 Å². The molecule has 0 radical (unpaired) electrons. The van der Waals surface area contributed by atoms with Gasteiger partial charge in [-0.3, -0.25) is 0 Å². The fourth-order valence-corrected chi connectivity index (χ4v) is 2.90. The lowest BCUT2D eigenvalue weighted by molar-refractivity contribution is 0.607. The molecular formula is C19H16FN9. The molecule has 4 aromatic rings. The van der Waals surface area contributed by atoms with Crippen LogP contribution in [0.15, 0.2) is 30.6 Å². The first-order valence-electron chi connectivity index (χ1n) is 8.61. The standard InChI is InChI=1S/C19H16FN9/c1-4-12-6-5-7-14(11(12)2)19-23-17(16(20)18(21)24-19)15-10-29(27-25-15)9-13-8-22-28(3)26-13/h1,5-8,10H,9H2,2-3H3,(H2,21,23,24). The van der Waals surface area contributed by atoms with Gasteiger partial charge in [-0.1, -0.05) is 23.3 Å². The maximum Gasteiger partial charge on any atom is 0.193 e. The van der Waals surface area contributed by atoms with Crippen molar-refractivity contribution in [2.45, 2.75) is 13.5 Å². The van der Waals surface area contributed by atoms with E-state index in [0.29, 0.717) is 23.4 Å². The van der Waals surface area contributed by atoms with Gasteiger partial charge in [0.15, 0.2) is 17.5 Å². The van der Waals surface area contributed by atoms with Crippen molar-refractivity contribution in [1.82, 2.24) is 40.0 Å². The Labute approximate surface area is 165 Å². The predicted octanol–water partition coefficient (Wildman–Crippen LogP) is 1.59. The van der Waals surface area contributed by atoms with E-state index in [-0.39, 0.29) is 23.0 Å². The lowest BCUT2D eigenvalue weighted by Gasteiger charge is -2.09. The topological polar surface area (TPSA) is 113 Å². The average Bonchev–Trinajstić information content (AvgIpc) is 3.33. The predicted molar refractivity (Wildman–Crippen MR) is 104 cm³/mol. The minimum Gasteiger partial charge on any atom is -0.381 e. The quantitative estimate of drug-likeness (QED) is 0.527. The van der Waals surface area contributed by atoms with Crippen LogP contribution in [0.25, 0.3) is 22.8 Å². The van der Waals surface area contributed by atoms with Gasteiger partial charge < -0.3 is 5.73 Å². The van der Waals surface area contributed by atoms with Gasteiger partial charge in [0.05, 0.1) is 18.9 Å². The fourth-order valence-electron chi connectivity index (χ4n) is 2.90. The van der Waals surface area contributed by atoms with Crippen LogP contribution in [0.2, 0.25) is 0 Å². The van der Waals surface area contributed by atoms with Gasteiger partial charge in [0.1, 0.15) is 17.1 Å². The van der Waals surface area contributed by atoms with Gasteiger partial charge in [-0.15, -0.1) is 11.5 Å². The third-order valence-electron chi connectivity index (χ3n) is 4.36. The maximum absolute atomic E-state index is 14.7. The highest BCUT2D eigenvalue weighted by Gasteiger charge is 2.19. The van der Waals surface area contributed by atoms with Crippen molar-refractivity contribution in [2.75, 3.05) is 5.73 Å². The van der Waals surface area contributed by atoms with E-state index in [4.69, 9.17) is 12.2 Å². The Hall–Kier alpha value is -4.13. The first-order valence-corrected chi connectivity index (χ1v) is 8.61. The Morgan fingerprint density at radius 2 is 2.10 bits per heavy atom. The Bertz CT molecular complexity index is 1250. The number of hydrogen-bond acceptors (Lipinski definition) is 7. The van der Waals surface area contributed by atoms with Crippen molar-refractivity contribution in [3.63, 3.8) is 0 Å². The summed E-state index contributed by atoms with van der Waals surface area (Å²) in [5.41, 5.74) is 8.86. The highest BCUT2D eigenvalue weighted by Crippen LogP contribution is 2.28. The number of halogens is 1. The Kier molecular flexibility index (Phi) is 4.48. The molecule has 10 heteroatoms.